The van der Waals surface area contributed by atoms with Crippen molar-refractivity contribution >= 4 is 11.9 Å². The predicted molar refractivity (Wildman–Crippen MR) is 76.1 cm³/mol. The average molecular weight is 316 g/mol. The number of nitrogens with zero attached hydrogens (tertiary/aromatic N) is 2. The molecule has 0 aromatic carbocycles. The minimum absolute atomic E-state index is 0.0876. The summed E-state index contributed by atoms with van der Waals surface area (Å²) in [5.74, 6) is -0.333. The van der Waals surface area contributed by atoms with E-state index in [-0.39, 0.29) is 31.2 Å². The van der Waals surface area contributed by atoms with Gasteiger partial charge >= 0.3 is 6.03 Å². The largest absolute Gasteiger partial charge is 0.394 e. The minimum atomic E-state index is -1.07. The Balaban J connectivity index is 1.98. The van der Waals surface area contributed by atoms with Crippen molar-refractivity contribution in [1.29, 1.82) is 0 Å². The number of urea groups is 1. The standard InChI is InChI=1S/C14H24N2O6/c1-9(21-7-11-8-22-11)4-15-12(19)14(2,3)16(13(15)20)5-10(18)6-17/h9-11,17-18H,4-8H2,1-3H3. The number of amides is 3. The van der Waals surface area contributed by atoms with E-state index in [4.69, 9.17) is 14.6 Å². The first kappa shape index (κ1) is 17.1. The van der Waals surface area contributed by atoms with Gasteiger partial charge in [-0.25, -0.2) is 4.79 Å². The molecular weight excluding hydrogens is 292 g/mol. The van der Waals surface area contributed by atoms with Gasteiger partial charge in [-0.15, -0.1) is 0 Å². The van der Waals surface area contributed by atoms with Crippen molar-refractivity contribution in [2.24, 2.45) is 0 Å². The van der Waals surface area contributed by atoms with E-state index in [1.807, 2.05) is 0 Å². The summed E-state index contributed by atoms with van der Waals surface area (Å²) in [7, 11) is 0. The van der Waals surface area contributed by atoms with Crippen LogP contribution >= 0.6 is 0 Å². The predicted octanol–water partition coefficient (Wildman–Crippen LogP) is -0.814. The zero-order valence-electron chi connectivity index (χ0n) is 13.2. The minimum Gasteiger partial charge on any atom is -0.394 e. The Morgan fingerprint density at radius 2 is 2.05 bits per heavy atom. The number of ether oxygens (including phenoxy) is 2. The zero-order chi connectivity index (χ0) is 16.5. The topological polar surface area (TPSA) is 103 Å². The van der Waals surface area contributed by atoms with Gasteiger partial charge in [0.05, 0.1) is 45.1 Å². The van der Waals surface area contributed by atoms with Crippen molar-refractivity contribution in [3.8, 4) is 0 Å². The van der Waals surface area contributed by atoms with Crippen LogP contribution in [0.15, 0.2) is 0 Å². The molecule has 0 aromatic rings. The molecule has 0 saturated carbocycles. The second-order valence-electron chi connectivity index (χ2n) is 6.30. The zero-order valence-corrected chi connectivity index (χ0v) is 13.2. The summed E-state index contributed by atoms with van der Waals surface area (Å²) in [6.07, 6.45) is -1.24. The van der Waals surface area contributed by atoms with Gasteiger partial charge in [-0.05, 0) is 20.8 Å². The Morgan fingerprint density at radius 3 is 2.59 bits per heavy atom. The monoisotopic (exact) mass is 316 g/mol. The van der Waals surface area contributed by atoms with Gasteiger partial charge in [-0.2, -0.15) is 0 Å². The van der Waals surface area contributed by atoms with Crippen LogP contribution < -0.4 is 0 Å². The molecule has 3 atom stereocenters. The summed E-state index contributed by atoms with van der Waals surface area (Å²) >= 11 is 0. The first-order valence-corrected chi connectivity index (χ1v) is 7.43. The first-order valence-electron chi connectivity index (χ1n) is 7.43. The molecule has 8 nitrogen and oxygen atoms in total. The van der Waals surface area contributed by atoms with Crippen LogP contribution in [0.3, 0.4) is 0 Å². The molecule has 126 valence electrons. The molecule has 2 rings (SSSR count). The van der Waals surface area contributed by atoms with Gasteiger partial charge in [0.15, 0.2) is 0 Å². The van der Waals surface area contributed by atoms with Gasteiger partial charge in [-0.1, -0.05) is 0 Å². The lowest BCUT2D eigenvalue weighted by atomic mass is 10.0. The molecule has 2 aliphatic heterocycles. The highest BCUT2D eigenvalue weighted by Crippen LogP contribution is 2.28. The summed E-state index contributed by atoms with van der Waals surface area (Å²) in [5.41, 5.74) is -1.05. The van der Waals surface area contributed by atoms with Crippen LogP contribution in [0, 0.1) is 0 Å². The normalized spacial score (nSPS) is 26.5. The molecule has 3 unspecified atom stereocenters. The highest BCUT2D eigenvalue weighted by molar-refractivity contribution is 6.06. The highest BCUT2D eigenvalue weighted by atomic mass is 16.6. The van der Waals surface area contributed by atoms with Crippen molar-refractivity contribution < 1.29 is 29.3 Å². The lowest BCUT2D eigenvalue weighted by Gasteiger charge is -2.29. The lowest BCUT2D eigenvalue weighted by Crippen LogP contribution is -2.48. The Kier molecular flexibility index (Phi) is 5.06. The molecule has 0 bridgehead atoms. The molecule has 2 heterocycles. The fraction of sp³-hybridized carbons (Fsp3) is 0.857. The average Bonchev–Trinajstić information content (AvgIpc) is 3.27. The second-order valence-corrected chi connectivity index (χ2v) is 6.30. The van der Waals surface area contributed by atoms with Crippen molar-refractivity contribution in [3.05, 3.63) is 0 Å². The molecule has 8 heteroatoms. The molecule has 0 spiro atoms. The molecule has 0 aromatic heterocycles. The van der Waals surface area contributed by atoms with E-state index in [9.17, 15) is 14.7 Å². The van der Waals surface area contributed by atoms with Crippen molar-refractivity contribution in [2.75, 3.05) is 32.9 Å². The molecule has 0 aliphatic carbocycles. The number of hydrogen-bond acceptors (Lipinski definition) is 6. The van der Waals surface area contributed by atoms with E-state index >= 15 is 0 Å². The van der Waals surface area contributed by atoms with Crippen LogP contribution in [-0.2, 0) is 14.3 Å². The number of aliphatic hydroxyl groups is 2. The van der Waals surface area contributed by atoms with Gasteiger partial charge < -0.3 is 24.6 Å². The van der Waals surface area contributed by atoms with E-state index in [1.165, 1.54) is 4.90 Å². The number of β-amino-alcohol motifs (C(OH)–C–C–N with tert-alkyl or cyclic N) is 1. The molecule has 2 aliphatic rings. The number of aliphatic hydroxyl groups excluding tert-OH is 2. The van der Waals surface area contributed by atoms with Crippen LogP contribution in [0.4, 0.5) is 4.79 Å². The summed E-state index contributed by atoms with van der Waals surface area (Å²) < 4.78 is 10.6. The number of carbonyl (C=O) groups excluding carboxylic acids is 2. The second kappa shape index (κ2) is 6.49. The third-order valence-electron chi connectivity index (χ3n) is 3.92. The van der Waals surface area contributed by atoms with E-state index in [0.29, 0.717) is 13.2 Å². The molecule has 2 saturated heterocycles. The van der Waals surface area contributed by atoms with Crippen LogP contribution in [0.25, 0.3) is 0 Å². The van der Waals surface area contributed by atoms with Gasteiger partial charge in [-0.3, -0.25) is 9.69 Å². The van der Waals surface area contributed by atoms with Gasteiger partial charge in [0.1, 0.15) is 11.6 Å². The van der Waals surface area contributed by atoms with Crippen molar-refractivity contribution in [2.45, 2.75) is 44.6 Å². The quantitative estimate of drug-likeness (QED) is 0.448. The summed E-state index contributed by atoms with van der Waals surface area (Å²) in [4.78, 5) is 27.3. The number of hydrogen-bond donors (Lipinski definition) is 2. The van der Waals surface area contributed by atoms with Crippen LogP contribution in [-0.4, -0.2) is 88.7 Å². The van der Waals surface area contributed by atoms with Crippen molar-refractivity contribution in [3.63, 3.8) is 0 Å². The first-order chi connectivity index (χ1) is 10.3. The van der Waals surface area contributed by atoms with Crippen LogP contribution in [0.5, 0.6) is 0 Å². The number of epoxide rings is 1. The molecular formula is C14H24N2O6. The third-order valence-corrected chi connectivity index (χ3v) is 3.92. The van der Waals surface area contributed by atoms with Gasteiger partial charge in [0.2, 0.25) is 0 Å². The third kappa shape index (κ3) is 3.57. The SMILES string of the molecule is CC(CN1C(=O)N(CC(O)CO)C(C)(C)C1=O)OCC1CO1. The lowest BCUT2D eigenvalue weighted by molar-refractivity contribution is -0.133. The Bertz CT molecular complexity index is 437. The number of carbonyl (C=O) groups is 2. The summed E-state index contributed by atoms with van der Waals surface area (Å²) in [5, 5.41) is 18.5. The fourth-order valence-corrected chi connectivity index (χ4v) is 2.40. The van der Waals surface area contributed by atoms with E-state index in [0.717, 1.165) is 4.90 Å². The molecule has 2 fully saturated rings. The highest BCUT2D eigenvalue weighted by Gasteiger charge is 2.51. The Hall–Kier alpha value is -1.22. The van der Waals surface area contributed by atoms with Crippen LogP contribution in [0.2, 0.25) is 0 Å². The maximum absolute atomic E-state index is 12.4. The molecule has 0 radical (unpaired) electrons. The molecule has 22 heavy (non-hydrogen) atoms. The smallest absolute Gasteiger partial charge is 0.327 e. The Labute approximate surface area is 129 Å². The van der Waals surface area contributed by atoms with Gasteiger partial charge in [0, 0.05) is 0 Å². The maximum Gasteiger partial charge on any atom is 0.327 e. The fourth-order valence-electron chi connectivity index (χ4n) is 2.40. The van der Waals surface area contributed by atoms with Gasteiger partial charge in [0.25, 0.3) is 5.91 Å². The van der Waals surface area contributed by atoms with Crippen molar-refractivity contribution in [1.82, 2.24) is 9.80 Å². The van der Waals surface area contributed by atoms with E-state index in [1.54, 1.807) is 20.8 Å². The molecule has 2 N–H and O–H groups in total. The summed E-state index contributed by atoms with van der Waals surface area (Å²) in [6.45, 7) is 5.79. The number of rotatable bonds is 8. The number of imide groups is 1. The van der Waals surface area contributed by atoms with E-state index in [2.05, 4.69) is 0 Å². The van der Waals surface area contributed by atoms with E-state index < -0.39 is 24.3 Å². The summed E-state index contributed by atoms with van der Waals surface area (Å²) in [6, 6.07) is -0.472. The molecule has 3 amide bonds. The maximum atomic E-state index is 12.4. The van der Waals surface area contributed by atoms with Crippen LogP contribution in [0.1, 0.15) is 20.8 Å². The Morgan fingerprint density at radius 1 is 1.41 bits per heavy atom.